The highest BCUT2D eigenvalue weighted by Crippen LogP contribution is 2.48. The fourth-order valence-electron chi connectivity index (χ4n) is 11.7. The number of unbranched alkanes of at least 4 members (excludes halogenated alkanes) is 3. The lowest BCUT2D eigenvalue weighted by Crippen LogP contribution is -2.29. The summed E-state index contributed by atoms with van der Waals surface area (Å²) in [5.41, 5.74) is 13.4. The monoisotopic (exact) mass is 973 g/mol. The Bertz CT molecular complexity index is 3190. The molecule has 2 heterocycles. The molecule has 0 aliphatic carbocycles. The highest BCUT2D eigenvalue weighted by atomic mass is 16.5. The molecule has 0 bridgehead atoms. The van der Waals surface area contributed by atoms with Crippen LogP contribution in [0.2, 0.25) is 0 Å². The Morgan fingerprint density at radius 2 is 0.851 bits per heavy atom. The van der Waals surface area contributed by atoms with Gasteiger partial charge in [0.05, 0.1) is 11.4 Å². The summed E-state index contributed by atoms with van der Waals surface area (Å²) in [4.78, 5) is 4.73. The second-order valence-electron chi connectivity index (χ2n) is 21.1. The van der Waals surface area contributed by atoms with Crippen LogP contribution in [0.1, 0.15) is 101 Å². The molecular weight excluding hydrogens is 901 g/mol. The Morgan fingerprint density at radius 3 is 1.26 bits per heavy atom. The van der Waals surface area contributed by atoms with E-state index in [0.717, 1.165) is 121 Å². The van der Waals surface area contributed by atoms with Crippen molar-refractivity contribution >= 4 is 32.9 Å². The van der Waals surface area contributed by atoms with Gasteiger partial charge in [-0.15, -0.1) is 0 Å². The Morgan fingerprint density at radius 1 is 0.459 bits per heavy atom. The van der Waals surface area contributed by atoms with E-state index in [-0.39, 0.29) is 0 Å². The summed E-state index contributed by atoms with van der Waals surface area (Å²) < 4.78 is 13.8. The lowest BCUT2D eigenvalue weighted by Gasteiger charge is -2.36. The highest BCUT2D eigenvalue weighted by Gasteiger charge is 2.37. The molecule has 2 aliphatic heterocycles. The Balaban J connectivity index is 0.983. The zero-order valence-electron chi connectivity index (χ0n) is 44.5. The molecule has 0 saturated heterocycles. The first-order valence-electron chi connectivity index (χ1n) is 27.1. The number of allylic oxidation sites excluding steroid dienone is 4. The van der Waals surface area contributed by atoms with Gasteiger partial charge in [0, 0.05) is 36.1 Å². The predicted octanol–water partition coefficient (Wildman–Crippen LogP) is 18.9. The van der Waals surface area contributed by atoms with Crippen molar-refractivity contribution in [2.45, 2.75) is 104 Å². The Kier molecular flexibility index (Phi) is 14.5. The van der Waals surface area contributed by atoms with Gasteiger partial charge in [-0.1, -0.05) is 212 Å². The molecular formula is C70H72N2O2. The minimum absolute atomic E-state index is 0.402. The smallest absolute Gasteiger partial charge is 0.200 e. The minimum atomic E-state index is -0.402. The van der Waals surface area contributed by atoms with E-state index in [9.17, 15) is 0 Å². The number of fused-ring (bicyclic) bond motifs is 4. The molecule has 8 aromatic carbocycles. The molecule has 0 radical (unpaired) electrons. The summed E-state index contributed by atoms with van der Waals surface area (Å²) in [6.07, 6.45) is 12.5. The molecule has 0 fully saturated rings. The molecule has 0 spiro atoms. The van der Waals surface area contributed by atoms with Crippen LogP contribution in [0.4, 0.5) is 11.4 Å². The molecule has 10 rings (SSSR count). The van der Waals surface area contributed by atoms with Crippen molar-refractivity contribution in [1.82, 2.24) is 0 Å². The number of anilines is 2. The highest BCUT2D eigenvalue weighted by molar-refractivity contribution is 5.88. The fourth-order valence-corrected chi connectivity index (χ4v) is 11.7. The Hall–Kier alpha value is -7.56. The maximum Gasteiger partial charge on any atom is 0.200 e. The van der Waals surface area contributed by atoms with Crippen LogP contribution < -0.4 is 19.3 Å². The van der Waals surface area contributed by atoms with Gasteiger partial charge in [0.2, 0.25) is 11.8 Å². The second kappa shape index (κ2) is 21.5. The van der Waals surface area contributed by atoms with Gasteiger partial charge in [-0.25, -0.2) is 0 Å². The molecule has 4 heteroatoms. The first kappa shape index (κ1) is 50.0. The Labute approximate surface area is 441 Å². The largest absolute Gasteiger partial charge is 0.439 e. The van der Waals surface area contributed by atoms with Gasteiger partial charge >= 0.3 is 0 Å². The molecule has 0 amide bonds. The van der Waals surface area contributed by atoms with Crippen molar-refractivity contribution in [2.75, 3.05) is 22.9 Å². The average molecular weight is 973 g/mol. The standard InChI is InChI=1S/C70H72N2O2/c1-9-11-43-71-63-39-35-57(53-25-15-13-16-26-53)47-65(63)73-67(71)45-49(3)69(7,61-37-33-55-29-19-21-31-59(55)51(61)5)41-23-24-42-70(8,62-38-34-56-30-20-22-32-60(56)52(62)6)50(4)46-68-72(44-12-10-2)64-40-36-58(48-66(64)74-68)54-27-17-14-18-28-54/h13-22,25-40,45-48H,3-4,9-12,23-24,41-44H2,1-2,5-8H3/b67-45-,68-46+. The summed E-state index contributed by atoms with van der Waals surface area (Å²) in [5.74, 6) is 3.47. The molecule has 0 aromatic heterocycles. The van der Waals surface area contributed by atoms with Crippen molar-refractivity contribution in [3.63, 3.8) is 0 Å². The molecule has 0 N–H and O–H groups in total. The average Bonchev–Trinajstić information content (AvgIpc) is 3.96. The maximum atomic E-state index is 6.90. The molecule has 2 unspecified atom stereocenters. The van der Waals surface area contributed by atoms with Crippen LogP contribution in [-0.4, -0.2) is 13.1 Å². The number of ether oxygens (including phenoxy) is 2. The van der Waals surface area contributed by atoms with Gasteiger partial charge in [0.25, 0.3) is 0 Å². The van der Waals surface area contributed by atoms with Gasteiger partial charge in [0.15, 0.2) is 11.5 Å². The molecule has 374 valence electrons. The van der Waals surface area contributed by atoms with Crippen molar-refractivity contribution < 1.29 is 9.47 Å². The van der Waals surface area contributed by atoms with Crippen molar-refractivity contribution in [1.29, 1.82) is 0 Å². The van der Waals surface area contributed by atoms with Crippen LogP contribution >= 0.6 is 0 Å². The van der Waals surface area contributed by atoms with Crippen LogP contribution in [0.25, 0.3) is 43.8 Å². The van der Waals surface area contributed by atoms with Crippen LogP contribution in [-0.2, 0) is 10.8 Å². The first-order chi connectivity index (χ1) is 36.0. The lowest BCUT2D eigenvalue weighted by molar-refractivity contribution is 0.417. The number of benzene rings is 8. The van der Waals surface area contributed by atoms with Crippen LogP contribution in [0.3, 0.4) is 0 Å². The van der Waals surface area contributed by atoms with Gasteiger partial charge in [-0.05, 0) is 141 Å². The molecule has 4 nitrogen and oxygen atoms in total. The minimum Gasteiger partial charge on any atom is -0.439 e. The van der Waals surface area contributed by atoms with E-state index in [2.05, 4.69) is 233 Å². The van der Waals surface area contributed by atoms with Crippen molar-refractivity contribution in [2.24, 2.45) is 0 Å². The van der Waals surface area contributed by atoms with E-state index in [1.807, 2.05) is 0 Å². The summed E-state index contributed by atoms with van der Waals surface area (Å²) in [7, 11) is 0. The van der Waals surface area contributed by atoms with E-state index >= 15 is 0 Å². The molecule has 2 atom stereocenters. The molecule has 74 heavy (non-hydrogen) atoms. The fraction of sp³-hybridized carbons (Fsp3) is 0.257. The summed E-state index contributed by atoms with van der Waals surface area (Å²) in [6.45, 7) is 25.6. The number of aryl methyl sites for hydroxylation is 2. The van der Waals surface area contributed by atoms with Crippen molar-refractivity contribution in [3.05, 3.63) is 240 Å². The first-order valence-corrected chi connectivity index (χ1v) is 27.1. The van der Waals surface area contributed by atoms with E-state index in [1.165, 1.54) is 54.9 Å². The summed E-state index contributed by atoms with van der Waals surface area (Å²) in [6, 6.07) is 61.3. The number of rotatable bonds is 19. The SMILES string of the molecule is C=C(/C=C1\Oc2cc(-c3ccccc3)ccc2N1CCCC)C(C)(CCCCC(C)(C(=C)/C=C1/Oc2cc(-c3ccccc3)ccc2N1CCCC)c1ccc2ccccc2c1C)c1ccc2ccccc2c1C. The lowest BCUT2D eigenvalue weighted by atomic mass is 9.68. The van der Waals surface area contributed by atoms with E-state index < -0.39 is 10.8 Å². The van der Waals surface area contributed by atoms with Gasteiger partial charge in [-0.3, -0.25) is 0 Å². The number of hydrogen-bond acceptors (Lipinski definition) is 4. The second-order valence-corrected chi connectivity index (χ2v) is 21.1. The zero-order valence-corrected chi connectivity index (χ0v) is 44.5. The van der Waals surface area contributed by atoms with E-state index in [0.29, 0.717) is 0 Å². The normalized spacial score (nSPS) is 15.7. The van der Waals surface area contributed by atoms with E-state index in [4.69, 9.17) is 22.6 Å². The van der Waals surface area contributed by atoms with Crippen LogP contribution in [0.15, 0.2) is 218 Å². The van der Waals surface area contributed by atoms with Crippen LogP contribution in [0, 0.1) is 13.8 Å². The van der Waals surface area contributed by atoms with E-state index in [1.54, 1.807) is 0 Å². The van der Waals surface area contributed by atoms with Crippen LogP contribution in [0.5, 0.6) is 11.5 Å². The zero-order chi connectivity index (χ0) is 51.4. The summed E-state index contributed by atoms with van der Waals surface area (Å²) in [5, 5.41) is 5.07. The third kappa shape index (κ3) is 9.71. The maximum absolute atomic E-state index is 6.90. The molecule has 0 saturated carbocycles. The number of hydrogen-bond donors (Lipinski definition) is 0. The topological polar surface area (TPSA) is 24.9 Å². The molecule has 8 aromatic rings. The van der Waals surface area contributed by atoms with Crippen molar-refractivity contribution in [3.8, 4) is 33.8 Å². The summed E-state index contributed by atoms with van der Waals surface area (Å²) >= 11 is 0. The predicted molar refractivity (Wildman–Crippen MR) is 315 cm³/mol. The quantitative estimate of drug-likeness (QED) is 0.0754. The third-order valence-electron chi connectivity index (χ3n) is 16.3. The van der Waals surface area contributed by atoms with Gasteiger partial charge in [0.1, 0.15) is 0 Å². The van der Waals surface area contributed by atoms with Gasteiger partial charge < -0.3 is 19.3 Å². The third-order valence-corrected chi connectivity index (χ3v) is 16.3. The van der Waals surface area contributed by atoms with Gasteiger partial charge in [-0.2, -0.15) is 0 Å². The number of nitrogens with zero attached hydrogens (tertiary/aromatic N) is 2. The molecule has 2 aliphatic rings.